The first-order valence-corrected chi connectivity index (χ1v) is 10.1. The van der Waals surface area contributed by atoms with E-state index >= 15 is 0 Å². The summed E-state index contributed by atoms with van der Waals surface area (Å²) in [5.41, 5.74) is 0.0859. The molecule has 4 nitrogen and oxygen atoms in total. The van der Waals surface area contributed by atoms with E-state index in [-0.39, 0.29) is 5.91 Å². The summed E-state index contributed by atoms with van der Waals surface area (Å²) in [4.78, 5) is 13.1. The van der Waals surface area contributed by atoms with E-state index in [4.69, 9.17) is 9.47 Å². The van der Waals surface area contributed by atoms with E-state index in [2.05, 4.69) is 19.2 Å². The second-order valence-electron chi connectivity index (χ2n) is 7.71. The molecule has 1 fully saturated rings. The van der Waals surface area contributed by atoms with Crippen molar-refractivity contribution in [2.45, 2.75) is 58.0 Å². The molecule has 0 aromatic heterocycles. The molecular formula is C23H31NO3. The van der Waals surface area contributed by atoms with Crippen LogP contribution in [0.4, 0.5) is 5.69 Å². The molecule has 1 saturated carbocycles. The summed E-state index contributed by atoms with van der Waals surface area (Å²) >= 11 is 0. The van der Waals surface area contributed by atoms with Crippen molar-refractivity contribution in [2.75, 3.05) is 19.0 Å². The van der Waals surface area contributed by atoms with Gasteiger partial charge in [0.1, 0.15) is 11.4 Å². The predicted molar refractivity (Wildman–Crippen MR) is 110 cm³/mol. The molecule has 2 atom stereocenters. The molecule has 2 aromatic carbocycles. The Bertz CT molecular complexity index is 788. The highest BCUT2D eigenvalue weighted by Gasteiger charge is 2.42. The lowest BCUT2D eigenvalue weighted by Gasteiger charge is -2.37. The molecular weight excluding hydrogens is 338 g/mol. The summed E-state index contributed by atoms with van der Waals surface area (Å²) in [5, 5.41) is 5.16. The average Bonchev–Trinajstić information content (AvgIpc) is 2.69. The summed E-state index contributed by atoms with van der Waals surface area (Å²) in [6.07, 6.45) is 5.85. The third-order valence-electron chi connectivity index (χ3n) is 5.65. The Labute approximate surface area is 162 Å². The van der Waals surface area contributed by atoms with E-state index in [1.165, 1.54) is 0 Å². The highest BCUT2D eigenvalue weighted by Crippen LogP contribution is 2.37. The predicted octanol–water partition coefficient (Wildman–Crippen LogP) is 5.55. The summed E-state index contributed by atoms with van der Waals surface area (Å²) < 4.78 is 11.7. The van der Waals surface area contributed by atoms with Crippen LogP contribution in [-0.2, 0) is 9.53 Å². The molecule has 0 aliphatic heterocycles. The van der Waals surface area contributed by atoms with Crippen LogP contribution in [0.15, 0.2) is 36.4 Å². The molecule has 27 heavy (non-hydrogen) atoms. The van der Waals surface area contributed by atoms with Crippen molar-refractivity contribution < 1.29 is 14.3 Å². The Kier molecular flexibility index (Phi) is 6.38. The van der Waals surface area contributed by atoms with Crippen LogP contribution in [0.3, 0.4) is 0 Å². The minimum absolute atomic E-state index is 0.0404. The van der Waals surface area contributed by atoms with Crippen molar-refractivity contribution in [3.8, 4) is 5.75 Å². The summed E-state index contributed by atoms with van der Waals surface area (Å²) in [7, 11) is 1.65. The maximum absolute atomic E-state index is 13.1. The Hall–Kier alpha value is -2.07. The first kappa shape index (κ1) is 19.7. The molecule has 4 heteroatoms. The minimum Gasteiger partial charge on any atom is -0.493 e. The Morgan fingerprint density at radius 3 is 2.70 bits per heavy atom. The number of hydrogen-bond acceptors (Lipinski definition) is 3. The number of unbranched alkanes of at least 4 members (excludes halogenated alkanes) is 1. The number of methoxy groups -OCH3 is 1. The van der Waals surface area contributed by atoms with Gasteiger partial charge in [-0.1, -0.05) is 51.0 Å². The Morgan fingerprint density at radius 1 is 1.22 bits per heavy atom. The van der Waals surface area contributed by atoms with Gasteiger partial charge >= 0.3 is 0 Å². The van der Waals surface area contributed by atoms with Crippen LogP contribution < -0.4 is 10.1 Å². The highest BCUT2D eigenvalue weighted by molar-refractivity contribution is 6.06. The second-order valence-corrected chi connectivity index (χ2v) is 7.71. The molecule has 0 heterocycles. The molecule has 0 spiro atoms. The van der Waals surface area contributed by atoms with Crippen molar-refractivity contribution in [1.29, 1.82) is 0 Å². The lowest BCUT2D eigenvalue weighted by atomic mass is 9.78. The number of carbonyl (C=O) groups excluding carboxylic acids is 1. The van der Waals surface area contributed by atoms with Gasteiger partial charge in [0.25, 0.3) is 5.91 Å². The first-order valence-electron chi connectivity index (χ1n) is 10.1. The summed E-state index contributed by atoms with van der Waals surface area (Å²) in [6.45, 7) is 5.05. The molecule has 1 amide bonds. The van der Waals surface area contributed by atoms with E-state index in [1.807, 2.05) is 36.4 Å². The molecule has 3 rings (SSSR count). The zero-order valence-corrected chi connectivity index (χ0v) is 16.7. The number of nitrogens with one attached hydrogen (secondary N) is 1. The van der Waals surface area contributed by atoms with Gasteiger partial charge in [0, 0.05) is 23.6 Å². The number of carbonyl (C=O) groups is 1. The van der Waals surface area contributed by atoms with E-state index in [0.29, 0.717) is 12.5 Å². The van der Waals surface area contributed by atoms with Crippen LogP contribution in [0.5, 0.6) is 5.75 Å². The number of ether oxygens (including phenoxy) is 2. The third-order valence-corrected chi connectivity index (χ3v) is 5.65. The molecule has 1 aliphatic carbocycles. The van der Waals surface area contributed by atoms with E-state index in [0.717, 1.165) is 60.7 Å². The quantitative estimate of drug-likeness (QED) is 0.651. The topological polar surface area (TPSA) is 47.6 Å². The van der Waals surface area contributed by atoms with E-state index in [1.54, 1.807) is 7.11 Å². The summed E-state index contributed by atoms with van der Waals surface area (Å²) in [5.74, 6) is 1.32. The van der Waals surface area contributed by atoms with Crippen molar-refractivity contribution in [3.05, 3.63) is 36.4 Å². The number of amides is 1. The van der Waals surface area contributed by atoms with Gasteiger partial charge in [0.15, 0.2) is 0 Å². The van der Waals surface area contributed by atoms with Crippen LogP contribution in [0.2, 0.25) is 0 Å². The highest BCUT2D eigenvalue weighted by atomic mass is 16.5. The fourth-order valence-electron chi connectivity index (χ4n) is 4.06. The van der Waals surface area contributed by atoms with Gasteiger partial charge in [-0.25, -0.2) is 0 Å². The van der Waals surface area contributed by atoms with Gasteiger partial charge < -0.3 is 14.8 Å². The smallest absolute Gasteiger partial charge is 0.256 e. The second kappa shape index (κ2) is 8.75. The van der Waals surface area contributed by atoms with Gasteiger partial charge in [0.05, 0.1) is 6.61 Å². The number of rotatable bonds is 7. The van der Waals surface area contributed by atoms with Crippen molar-refractivity contribution in [2.24, 2.45) is 5.92 Å². The van der Waals surface area contributed by atoms with E-state index in [9.17, 15) is 4.79 Å². The fourth-order valence-corrected chi connectivity index (χ4v) is 4.06. The number of fused-ring (bicyclic) bond motifs is 1. The summed E-state index contributed by atoms with van der Waals surface area (Å²) in [6, 6.07) is 12.0. The molecule has 0 saturated heterocycles. The van der Waals surface area contributed by atoms with Crippen molar-refractivity contribution >= 4 is 22.4 Å². The van der Waals surface area contributed by atoms with Gasteiger partial charge in [-0.3, -0.25) is 4.79 Å². The molecule has 1 N–H and O–H groups in total. The van der Waals surface area contributed by atoms with Crippen LogP contribution in [-0.4, -0.2) is 25.2 Å². The van der Waals surface area contributed by atoms with Gasteiger partial charge in [0.2, 0.25) is 0 Å². The normalized spacial score (nSPS) is 22.6. The molecule has 146 valence electrons. The monoisotopic (exact) mass is 369 g/mol. The van der Waals surface area contributed by atoms with Crippen molar-refractivity contribution in [1.82, 2.24) is 0 Å². The molecule has 0 unspecified atom stereocenters. The zero-order valence-electron chi connectivity index (χ0n) is 16.7. The lowest BCUT2D eigenvalue weighted by Crippen LogP contribution is -2.47. The molecule has 1 aliphatic rings. The SMILES string of the molecule is CCCCOc1ccc(NC(=O)[C@@]2(OC)CCC[C@H](C)C2)c2ccccc12. The number of anilines is 1. The maximum Gasteiger partial charge on any atom is 0.256 e. The van der Waals surface area contributed by atoms with Crippen LogP contribution >= 0.6 is 0 Å². The standard InChI is InChI=1S/C23H31NO3/c1-4-5-15-27-21-13-12-20(18-10-6-7-11-19(18)21)24-22(25)23(26-3)14-8-9-17(2)16-23/h6-7,10-13,17H,4-5,8-9,14-16H2,1-3H3,(H,24,25)/t17-,23+/m0/s1. The third kappa shape index (κ3) is 4.27. The molecule has 2 aromatic rings. The Morgan fingerprint density at radius 2 is 2.00 bits per heavy atom. The van der Waals surface area contributed by atoms with Crippen LogP contribution in [0.1, 0.15) is 52.4 Å². The van der Waals surface area contributed by atoms with Crippen LogP contribution in [0, 0.1) is 5.92 Å². The Balaban J connectivity index is 1.86. The largest absolute Gasteiger partial charge is 0.493 e. The first-order chi connectivity index (χ1) is 13.1. The van der Waals surface area contributed by atoms with Crippen molar-refractivity contribution in [3.63, 3.8) is 0 Å². The van der Waals surface area contributed by atoms with Gasteiger partial charge in [-0.05, 0) is 43.7 Å². The number of benzene rings is 2. The number of hydrogen-bond donors (Lipinski definition) is 1. The van der Waals surface area contributed by atoms with Crippen LogP contribution in [0.25, 0.3) is 10.8 Å². The average molecular weight is 370 g/mol. The lowest BCUT2D eigenvalue weighted by molar-refractivity contribution is -0.143. The van der Waals surface area contributed by atoms with Gasteiger partial charge in [-0.2, -0.15) is 0 Å². The minimum atomic E-state index is -0.727. The fraction of sp³-hybridized carbons (Fsp3) is 0.522. The molecule has 0 bridgehead atoms. The van der Waals surface area contributed by atoms with Gasteiger partial charge in [-0.15, -0.1) is 0 Å². The molecule has 0 radical (unpaired) electrons. The maximum atomic E-state index is 13.1. The van der Waals surface area contributed by atoms with E-state index < -0.39 is 5.60 Å². The zero-order chi connectivity index (χ0) is 19.3.